The van der Waals surface area contributed by atoms with Gasteiger partial charge < -0.3 is 5.32 Å². The molecule has 0 atom stereocenters. The Labute approximate surface area is 183 Å². The summed E-state index contributed by atoms with van der Waals surface area (Å²) in [6, 6.07) is 14.3. The van der Waals surface area contributed by atoms with Crippen molar-refractivity contribution in [3.63, 3.8) is 0 Å². The Bertz CT molecular complexity index is 1070. The molecule has 3 aromatic rings. The molecule has 1 saturated heterocycles. The second-order valence-electron chi connectivity index (χ2n) is 7.92. The van der Waals surface area contributed by atoms with Crippen molar-refractivity contribution in [1.29, 1.82) is 0 Å². The van der Waals surface area contributed by atoms with Gasteiger partial charge in [-0.05, 0) is 49.1 Å². The molecule has 0 spiro atoms. The van der Waals surface area contributed by atoms with Crippen molar-refractivity contribution in [1.82, 2.24) is 9.88 Å². The molecule has 156 valence electrons. The number of hydrogen-bond donors (Lipinski definition) is 1. The fourth-order valence-electron chi connectivity index (χ4n) is 4.16. The number of para-hydroxylation sites is 1. The predicted octanol–water partition coefficient (Wildman–Crippen LogP) is 5.22. The first-order chi connectivity index (χ1) is 14.6. The number of thioether (sulfide) groups is 1. The van der Waals surface area contributed by atoms with E-state index in [0.29, 0.717) is 0 Å². The minimum Gasteiger partial charge on any atom is -0.322 e. The summed E-state index contributed by atoms with van der Waals surface area (Å²) in [5.41, 5.74) is 6.81. The van der Waals surface area contributed by atoms with Crippen molar-refractivity contribution >= 4 is 34.3 Å². The van der Waals surface area contributed by atoms with Crippen LogP contribution in [0.3, 0.4) is 0 Å². The van der Waals surface area contributed by atoms with E-state index in [-0.39, 0.29) is 5.91 Å². The highest BCUT2D eigenvalue weighted by atomic mass is 32.2. The molecular weight excluding hydrogens is 390 g/mol. The molecule has 4 nitrogen and oxygen atoms in total. The fourth-order valence-corrected chi connectivity index (χ4v) is 5.14. The molecule has 0 bridgehead atoms. The zero-order valence-corrected chi connectivity index (χ0v) is 18.8. The van der Waals surface area contributed by atoms with Gasteiger partial charge in [-0.25, -0.2) is 0 Å². The number of nitrogens with one attached hydrogen (secondary N) is 1. The quantitative estimate of drug-likeness (QED) is 0.616. The van der Waals surface area contributed by atoms with Crippen LogP contribution in [0.5, 0.6) is 0 Å². The van der Waals surface area contributed by atoms with Crippen LogP contribution in [0, 0.1) is 13.8 Å². The van der Waals surface area contributed by atoms with Crippen molar-refractivity contribution in [2.24, 2.45) is 0 Å². The van der Waals surface area contributed by atoms with Gasteiger partial charge in [0.05, 0.1) is 11.1 Å². The van der Waals surface area contributed by atoms with Crippen LogP contribution in [0.2, 0.25) is 0 Å². The van der Waals surface area contributed by atoms with Crippen LogP contribution in [0.15, 0.2) is 42.5 Å². The summed E-state index contributed by atoms with van der Waals surface area (Å²) in [6.45, 7) is 9.42. The zero-order chi connectivity index (χ0) is 21.1. The molecule has 1 aromatic heterocycles. The van der Waals surface area contributed by atoms with Crippen molar-refractivity contribution in [2.75, 3.05) is 29.9 Å². The Morgan fingerprint density at radius 2 is 1.90 bits per heavy atom. The lowest BCUT2D eigenvalue weighted by Crippen LogP contribution is -2.31. The molecule has 1 fully saturated rings. The topological polar surface area (TPSA) is 45.2 Å². The van der Waals surface area contributed by atoms with E-state index in [0.717, 1.165) is 65.0 Å². The van der Waals surface area contributed by atoms with Gasteiger partial charge >= 0.3 is 0 Å². The van der Waals surface area contributed by atoms with E-state index in [4.69, 9.17) is 4.98 Å². The lowest BCUT2D eigenvalue weighted by atomic mass is 9.99. The first-order valence-electron chi connectivity index (χ1n) is 10.7. The normalized spacial score (nSPS) is 14.8. The number of carbonyl (C=O) groups is 1. The zero-order valence-electron chi connectivity index (χ0n) is 18.0. The highest BCUT2D eigenvalue weighted by molar-refractivity contribution is 7.99. The fraction of sp³-hybridized carbons (Fsp3) is 0.360. The Balaban J connectivity index is 1.59. The van der Waals surface area contributed by atoms with E-state index >= 15 is 0 Å². The number of aromatic nitrogens is 1. The van der Waals surface area contributed by atoms with E-state index in [2.05, 4.69) is 36.2 Å². The molecule has 0 unspecified atom stereocenters. The van der Waals surface area contributed by atoms with Crippen molar-refractivity contribution in [3.8, 4) is 0 Å². The number of nitrogens with zero attached hydrogens (tertiary/aromatic N) is 2. The van der Waals surface area contributed by atoms with Gasteiger partial charge in [-0.1, -0.05) is 37.3 Å². The van der Waals surface area contributed by atoms with Gasteiger partial charge in [0.1, 0.15) is 0 Å². The summed E-state index contributed by atoms with van der Waals surface area (Å²) in [5.74, 6) is 2.36. The summed E-state index contributed by atoms with van der Waals surface area (Å²) < 4.78 is 0. The molecule has 1 amide bonds. The van der Waals surface area contributed by atoms with Gasteiger partial charge in [0, 0.05) is 47.9 Å². The summed E-state index contributed by atoms with van der Waals surface area (Å²) in [7, 11) is 0. The van der Waals surface area contributed by atoms with Gasteiger partial charge in [-0.15, -0.1) is 0 Å². The highest BCUT2D eigenvalue weighted by Gasteiger charge is 2.18. The van der Waals surface area contributed by atoms with Crippen LogP contribution < -0.4 is 5.32 Å². The van der Waals surface area contributed by atoms with Crippen LogP contribution >= 0.6 is 11.8 Å². The number of carbonyl (C=O) groups excluding carboxylic acids is 1. The lowest BCUT2D eigenvalue weighted by Gasteiger charge is -2.26. The van der Waals surface area contributed by atoms with Gasteiger partial charge in [-0.3, -0.25) is 14.7 Å². The molecule has 0 saturated carbocycles. The van der Waals surface area contributed by atoms with Crippen molar-refractivity contribution < 1.29 is 4.79 Å². The molecule has 1 aliphatic heterocycles. The number of hydrogen-bond acceptors (Lipinski definition) is 4. The third-order valence-electron chi connectivity index (χ3n) is 5.85. The maximum absolute atomic E-state index is 13.3. The predicted molar refractivity (Wildman–Crippen MR) is 128 cm³/mol. The Hall–Kier alpha value is -2.37. The van der Waals surface area contributed by atoms with E-state index in [9.17, 15) is 4.79 Å². The van der Waals surface area contributed by atoms with Gasteiger partial charge in [0.15, 0.2) is 0 Å². The molecule has 30 heavy (non-hydrogen) atoms. The molecule has 1 N–H and O–H groups in total. The minimum atomic E-state index is -0.0651. The second-order valence-corrected chi connectivity index (χ2v) is 9.15. The largest absolute Gasteiger partial charge is 0.322 e. The Kier molecular flexibility index (Phi) is 6.40. The van der Waals surface area contributed by atoms with E-state index in [1.54, 1.807) is 0 Å². The van der Waals surface area contributed by atoms with E-state index in [1.807, 2.05) is 49.0 Å². The average Bonchev–Trinajstić information content (AvgIpc) is 2.76. The first kappa shape index (κ1) is 20.9. The smallest absolute Gasteiger partial charge is 0.256 e. The van der Waals surface area contributed by atoms with E-state index < -0.39 is 0 Å². The Morgan fingerprint density at radius 1 is 1.13 bits per heavy atom. The lowest BCUT2D eigenvalue weighted by molar-refractivity contribution is 0.102. The van der Waals surface area contributed by atoms with Crippen molar-refractivity contribution in [2.45, 2.75) is 33.7 Å². The Morgan fingerprint density at radius 3 is 2.63 bits per heavy atom. The number of rotatable bonds is 5. The molecule has 1 aliphatic rings. The highest BCUT2D eigenvalue weighted by Crippen LogP contribution is 2.26. The molecule has 0 aliphatic carbocycles. The number of anilines is 1. The maximum atomic E-state index is 13.3. The van der Waals surface area contributed by atoms with E-state index in [1.165, 1.54) is 17.1 Å². The molecular formula is C25H29N3OS. The van der Waals surface area contributed by atoms with Gasteiger partial charge in [-0.2, -0.15) is 11.8 Å². The maximum Gasteiger partial charge on any atom is 0.256 e. The van der Waals surface area contributed by atoms with Crippen LogP contribution in [0.25, 0.3) is 10.9 Å². The van der Waals surface area contributed by atoms with Gasteiger partial charge in [0.2, 0.25) is 0 Å². The number of benzene rings is 2. The summed E-state index contributed by atoms with van der Waals surface area (Å²) in [4.78, 5) is 20.6. The molecule has 5 heteroatoms. The monoisotopic (exact) mass is 419 g/mol. The summed E-state index contributed by atoms with van der Waals surface area (Å²) in [5, 5.41) is 4.06. The number of aryl methyl sites for hydroxylation is 2. The standard InChI is InChI=1S/C25H29N3OS/c1-4-21-18(3)24(20-7-5-6-8-23(20)26-21)25(29)27-22-10-9-19(15-17(22)2)16-28-11-13-30-14-12-28/h5-10,15H,4,11-14,16H2,1-3H3,(H,27,29). The molecule has 4 rings (SSSR count). The second kappa shape index (κ2) is 9.19. The average molecular weight is 420 g/mol. The SMILES string of the molecule is CCc1nc2ccccc2c(C(=O)Nc2ccc(CN3CCSCC3)cc2C)c1C. The van der Waals surface area contributed by atoms with Crippen molar-refractivity contribution in [3.05, 3.63) is 70.4 Å². The summed E-state index contributed by atoms with van der Waals surface area (Å²) in [6.07, 6.45) is 0.805. The van der Waals surface area contributed by atoms with Crippen LogP contribution in [-0.2, 0) is 13.0 Å². The molecule has 2 heterocycles. The molecule has 2 aromatic carbocycles. The third kappa shape index (κ3) is 4.37. The van der Waals surface area contributed by atoms with Crippen LogP contribution in [0.4, 0.5) is 5.69 Å². The van der Waals surface area contributed by atoms with Crippen LogP contribution in [-0.4, -0.2) is 40.4 Å². The third-order valence-corrected chi connectivity index (χ3v) is 6.79. The number of pyridine rings is 1. The first-order valence-corrected chi connectivity index (χ1v) is 11.8. The minimum absolute atomic E-state index is 0.0651. The summed E-state index contributed by atoms with van der Waals surface area (Å²) >= 11 is 2.03. The molecule has 0 radical (unpaired) electrons. The number of fused-ring (bicyclic) bond motifs is 1. The number of amides is 1. The van der Waals surface area contributed by atoms with Crippen LogP contribution in [0.1, 0.15) is 39.7 Å². The van der Waals surface area contributed by atoms with Gasteiger partial charge in [0.25, 0.3) is 5.91 Å².